The molecule has 202 valence electrons. The minimum atomic E-state index is -0.777. The largest absolute Gasteiger partial charge is 0.494 e. The molecule has 38 heavy (non-hydrogen) atoms. The summed E-state index contributed by atoms with van der Waals surface area (Å²) in [6.07, 6.45) is 1.38. The van der Waals surface area contributed by atoms with Crippen LogP contribution < -0.4 is 15.4 Å². The van der Waals surface area contributed by atoms with Gasteiger partial charge in [-0.2, -0.15) is 0 Å². The Kier molecular flexibility index (Phi) is 6.94. The number of carbonyl (C=O) groups excluding carboxylic acids is 3. The number of anilines is 2. The number of benzene rings is 2. The van der Waals surface area contributed by atoms with Crippen molar-refractivity contribution >= 4 is 40.9 Å². The first-order valence-electron chi connectivity index (χ1n) is 13.2. The van der Waals surface area contributed by atoms with E-state index >= 15 is 0 Å². The number of fused-ring (bicyclic) bond motifs is 1. The Hall–Kier alpha value is -3.04. The smallest absolute Gasteiger partial charge is 0.248 e. The van der Waals surface area contributed by atoms with Crippen molar-refractivity contribution in [1.82, 2.24) is 4.90 Å². The first kappa shape index (κ1) is 26.6. The molecule has 0 aliphatic carbocycles. The minimum Gasteiger partial charge on any atom is -0.494 e. The fourth-order valence-corrected chi connectivity index (χ4v) is 9.06. The van der Waals surface area contributed by atoms with Crippen LogP contribution in [0.1, 0.15) is 37.8 Å². The highest BCUT2D eigenvalue weighted by molar-refractivity contribution is 8.02. The second-order valence-electron chi connectivity index (χ2n) is 10.7. The Morgan fingerprint density at radius 3 is 2.39 bits per heavy atom. The number of β-amino-alcohol motifs (C(OH)–C–C–N with tert-alkyl or cyclic N) is 1. The molecule has 8 nitrogen and oxygen atoms in total. The molecule has 2 unspecified atom stereocenters. The lowest BCUT2D eigenvalue weighted by Crippen LogP contribution is -2.52. The summed E-state index contributed by atoms with van der Waals surface area (Å²) in [6.45, 7) is 8.17. The molecule has 3 amide bonds. The summed E-state index contributed by atoms with van der Waals surface area (Å²) >= 11 is 1.61. The fourth-order valence-electron chi connectivity index (χ4n) is 6.70. The average molecular weight is 538 g/mol. The zero-order chi connectivity index (χ0) is 27.2. The number of para-hydroxylation sites is 1. The zero-order valence-electron chi connectivity index (χ0n) is 22.2. The molecule has 0 aromatic heterocycles. The Balaban J connectivity index is 1.46. The van der Waals surface area contributed by atoms with Crippen LogP contribution in [-0.2, 0) is 14.4 Å². The van der Waals surface area contributed by atoms with E-state index in [1.54, 1.807) is 36.0 Å². The van der Waals surface area contributed by atoms with E-state index in [0.29, 0.717) is 18.7 Å². The van der Waals surface area contributed by atoms with Gasteiger partial charge in [-0.3, -0.25) is 14.4 Å². The van der Waals surface area contributed by atoms with Crippen LogP contribution in [0.4, 0.5) is 11.4 Å². The van der Waals surface area contributed by atoms with Crippen LogP contribution in [0.25, 0.3) is 0 Å². The standard InChI is InChI=1S/C29H35N3O5S/c1-5-37-20-11-9-19(10-12-20)30-25(34)21-22-27(36)32(15-16-33)24(29(22)14-13-28(21,4)38-29)26(35)31-23-17(2)7-6-8-18(23)3/h6-12,21-22,24,33H,5,13-16H2,1-4H3,(H,30,34)(H,31,35)/t21-,22-,24?,28+,29?/m0/s1. The Morgan fingerprint density at radius 1 is 1.08 bits per heavy atom. The van der Waals surface area contributed by atoms with E-state index in [-0.39, 0.29) is 30.9 Å². The molecule has 3 saturated heterocycles. The molecule has 2 aromatic rings. The van der Waals surface area contributed by atoms with Gasteiger partial charge in [0.05, 0.1) is 29.8 Å². The van der Waals surface area contributed by atoms with Crippen LogP contribution in [0.3, 0.4) is 0 Å². The molecule has 5 rings (SSSR count). The molecule has 3 heterocycles. The fraction of sp³-hybridized carbons (Fsp3) is 0.483. The lowest BCUT2D eigenvalue weighted by atomic mass is 9.66. The molecule has 3 aliphatic rings. The first-order valence-corrected chi connectivity index (χ1v) is 14.0. The number of thioether (sulfide) groups is 1. The van der Waals surface area contributed by atoms with Crippen molar-refractivity contribution in [2.75, 3.05) is 30.4 Å². The van der Waals surface area contributed by atoms with Gasteiger partial charge in [0.1, 0.15) is 11.8 Å². The Morgan fingerprint density at radius 2 is 1.76 bits per heavy atom. The maximum atomic E-state index is 13.9. The van der Waals surface area contributed by atoms with Crippen molar-refractivity contribution in [2.45, 2.75) is 56.1 Å². The van der Waals surface area contributed by atoms with Gasteiger partial charge in [-0.25, -0.2) is 0 Å². The number of hydrogen-bond acceptors (Lipinski definition) is 6. The van der Waals surface area contributed by atoms with Crippen molar-refractivity contribution in [3.05, 3.63) is 53.6 Å². The number of likely N-dealkylation sites (tertiary alicyclic amines) is 1. The van der Waals surface area contributed by atoms with Crippen LogP contribution in [-0.4, -0.2) is 63.0 Å². The van der Waals surface area contributed by atoms with Gasteiger partial charge in [-0.1, -0.05) is 18.2 Å². The topological polar surface area (TPSA) is 108 Å². The molecule has 2 bridgehead atoms. The molecular formula is C29H35N3O5S. The van der Waals surface area contributed by atoms with E-state index in [2.05, 4.69) is 10.6 Å². The second kappa shape index (κ2) is 9.93. The van der Waals surface area contributed by atoms with Gasteiger partial charge in [0.15, 0.2) is 0 Å². The van der Waals surface area contributed by atoms with Crippen molar-refractivity contribution in [3.8, 4) is 5.75 Å². The normalized spacial score (nSPS) is 29.3. The van der Waals surface area contributed by atoms with Gasteiger partial charge < -0.3 is 25.4 Å². The molecule has 0 saturated carbocycles. The highest BCUT2D eigenvalue weighted by atomic mass is 32.2. The van der Waals surface area contributed by atoms with E-state index in [1.807, 2.05) is 45.9 Å². The van der Waals surface area contributed by atoms with Crippen LogP contribution >= 0.6 is 11.8 Å². The minimum absolute atomic E-state index is 0.0480. The summed E-state index contributed by atoms with van der Waals surface area (Å²) in [5, 5.41) is 15.9. The number of nitrogens with zero attached hydrogens (tertiary/aromatic N) is 1. The second-order valence-corrected chi connectivity index (χ2v) is 12.6. The summed E-state index contributed by atoms with van der Waals surface area (Å²) in [7, 11) is 0. The predicted octanol–water partition coefficient (Wildman–Crippen LogP) is 3.75. The maximum Gasteiger partial charge on any atom is 0.248 e. The summed E-state index contributed by atoms with van der Waals surface area (Å²) in [5.41, 5.74) is 3.25. The third kappa shape index (κ3) is 4.16. The number of hydrogen-bond donors (Lipinski definition) is 3. The van der Waals surface area contributed by atoms with Crippen molar-refractivity contribution < 1.29 is 24.2 Å². The third-order valence-electron chi connectivity index (χ3n) is 8.31. The average Bonchev–Trinajstić information content (AvgIpc) is 3.44. The molecule has 3 aliphatic heterocycles. The highest BCUT2D eigenvalue weighted by Gasteiger charge is 2.77. The van der Waals surface area contributed by atoms with Gasteiger partial charge in [0.2, 0.25) is 17.7 Å². The number of aliphatic hydroxyl groups is 1. The monoisotopic (exact) mass is 537 g/mol. The summed E-state index contributed by atoms with van der Waals surface area (Å²) in [5.74, 6) is -1.24. The van der Waals surface area contributed by atoms with E-state index in [1.165, 1.54) is 4.90 Å². The molecule has 3 fully saturated rings. The highest BCUT2D eigenvalue weighted by Crippen LogP contribution is 2.71. The van der Waals surface area contributed by atoms with E-state index in [9.17, 15) is 19.5 Å². The number of nitrogens with one attached hydrogen (secondary N) is 2. The molecule has 1 spiro atoms. The SMILES string of the molecule is CCOc1ccc(NC(=O)[C@@H]2[C@H]3C(=O)N(CCO)C(C(=O)Nc4c(C)cccc4C)C34CC[C@@]2(C)S4)cc1. The van der Waals surface area contributed by atoms with Crippen LogP contribution in [0.2, 0.25) is 0 Å². The van der Waals surface area contributed by atoms with E-state index < -0.39 is 27.4 Å². The lowest BCUT2D eigenvalue weighted by Gasteiger charge is -2.35. The Labute approximate surface area is 227 Å². The zero-order valence-corrected chi connectivity index (χ0v) is 23.1. The van der Waals surface area contributed by atoms with E-state index in [0.717, 1.165) is 29.0 Å². The molecule has 9 heteroatoms. The summed E-state index contributed by atoms with van der Waals surface area (Å²) in [6, 6.07) is 12.2. The van der Waals surface area contributed by atoms with Gasteiger partial charge in [0, 0.05) is 22.7 Å². The number of aryl methyl sites for hydroxylation is 2. The quantitative estimate of drug-likeness (QED) is 0.473. The number of ether oxygens (including phenoxy) is 1. The number of amides is 3. The first-order chi connectivity index (χ1) is 18.1. The van der Waals surface area contributed by atoms with Crippen molar-refractivity contribution in [2.24, 2.45) is 11.8 Å². The number of aliphatic hydroxyl groups excluding tert-OH is 1. The maximum absolute atomic E-state index is 13.9. The molecule has 5 atom stereocenters. The predicted molar refractivity (Wildman–Crippen MR) is 148 cm³/mol. The van der Waals surface area contributed by atoms with Gasteiger partial charge in [0.25, 0.3) is 0 Å². The number of carbonyl (C=O) groups is 3. The number of rotatable bonds is 8. The Bertz CT molecular complexity index is 1250. The van der Waals surface area contributed by atoms with Gasteiger partial charge >= 0.3 is 0 Å². The molecule has 3 N–H and O–H groups in total. The third-order valence-corrected chi connectivity index (χ3v) is 10.3. The van der Waals surface area contributed by atoms with Gasteiger partial charge in [-0.15, -0.1) is 11.8 Å². The molecule has 0 radical (unpaired) electrons. The summed E-state index contributed by atoms with van der Waals surface area (Å²) < 4.78 is 4.29. The van der Waals surface area contributed by atoms with E-state index in [4.69, 9.17) is 4.74 Å². The van der Waals surface area contributed by atoms with Crippen LogP contribution in [0, 0.1) is 25.7 Å². The van der Waals surface area contributed by atoms with Gasteiger partial charge in [-0.05, 0) is 75.9 Å². The van der Waals surface area contributed by atoms with Crippen LogP contribution in [0.5, 0.6) is 5.75 Å². The molecular weight excluding hydrogens is 502 g/mol. The van der Waals surface area contributed by atoms with Crippen molar-refractivity contribution in [1.29, 1.82) is 0 Å². The summed E-state index contributed by atoms with van der Waals surface area (Å²) in [4.78, 5) is 43.1. The molecule has 2 aromatic carbocycles. The van der Waals surface area contributed by atoms with Crippen LogP contribution in [0.15, 0.2) is 42.5 Å². The van der Waals surface area contributed by atoms with Crippen molar-refractivity contribution in [3.63, 3.8) is 0 Å². The lowest BCUT2D eigenvalue weighted by molar-refractivity contribution is -0.139.